The number of carbonyl (C=O) groups excluding carboxylic acids is 1. The summed E-state index contributed by atoms with van der Waals surface area (Å²) in [6.07, 6.45) is 3.27. The molecule has 1 aliphatic heterocycles. The zero-order chi connectivity index (χ0) is 20.8. The van der Waals surface area contributed by atoms with E-state index in [-0.39, 0.29) is 12.5 Å². The van der Waals surface area contributed by atoms with E-state index in [1.54, 1.807) is 30.3 Å². The van der Waals surface area contributed by atoms with Crippen LogP contribution in [0.4, 0.5) is 5.69 Å². The van der Waals surface area contributed by atoms with Gasteiger partial charge in [-0.3, -0.25) is 9.69 Å². The molecule has 0 saturated carbocycles. The van der Waals surface area contributed by atoms with Crippen LogP contribution in [0.15, 0.2) is 67.0 Å². The lowest BCUT2D eigenvalue weighted by atomic mass is 10.00. The highest BCUT2D eigenvalue weighted by Crippen LogP contribution is 2.20. The molecule has 7 nitrogen and oxygen atoms in total. The number of nitrogens with zero attached hydrogens (tertiary/aromatic N) is 3. The Bertz CT molecular complexity index is 997. The van der Waals surface area contributed by atoms with Gasteiger partial charge in [0.25, 0.3) is 5.91 Å². The maximum atomic E-state index is 12.2. The van der Waals surface area contributed by atoms with Gasteiger partial charge in [0.15, 0.2) is 0 Å². The third-order valence-corrected chi connectivity index (χ3v) is 5.06. The second-order valence-electron chi connectivity index (χ2n) is 7.33. The van der Waals surface area contributed by atoms with E-state index in [0.29, 0.717) is 23.5 Å². The van der Waals surface area contributed by atoms with Crippen molar-refractivity contribution in [1.82, 2.24) is 15.1 Å². The van der Waals surface area contributed by atoms with E-state index < -0.39 is 6.10 Å². The molecular weight excluding hydrogens is 380 g/mol. The zero-order valence-corrected chi connectivity index (χ0v) is 16.6. The number of fused-ring (bicyclic) bond motifs is 1. The highest BCUT2D eigenvalue weighted by Gasteiger charge is 2.18. The van der Waals surface area contributed by atoms with Crippen LogP contribution in [0, 0.1) is 0 Å². The summed E-state index contributed by atoms with van der Waals surface area (Å²) in [7, 11) is 0. The number of aromatic nitrogens is 2. The zero-order valence-electron chi connectivity index (χ0n) is 16.6. The molecule has 1 aliphatic rings. The largest absolute Gasteiger partial charge is 0.491 e. The third-order valence-electron chi connectivity index (χ3n) is 5.06. The molecular formula is C23H24N4O3. The molecule has 1 atom stereocenters. The third kappa shape index (κ3) is 5.20. The van der Waals surface area contributed by atoms with Gasteiger partial charge in [-0.15, -0.1) is 0 Å². The van der Waals surface area contributed by atoms with Gasteiger partial charge in [0.1, 0.15) is 18.5 Å². The quantitative estimate of drug-likeness (QED) is 0.629. The number of hydrogen-bond acceptors (Lipinski definition) is 6. The minimum absolute atomic E-state index is 0.184. The van der Waals surface area contributed by atoms with Crippen LogP contribution in [0.5, 0.6) is 5.75 Å². The van der Waals surface area contributed by atoms with Crippen molar-refractivity contribution < 1.29 is 14.6 Å². The number of carbonyl (C=O) groups is 1. The Morgan fingerprint density at radius 1 is 1.13 bits per heavy atom. The van der Waals surface area contributed by atoms with Gasteiger partial charge in [-0.25, -0.2) is 0 Å². The van der Waals surface area contributed by atoms with Crippen molar-refractivity contribution in [3.8, 4) is 5.75 Å². The number of benzene rings is 2. The number of aliphatic hydroxyl groups excluding tert-OH is 1. The number of ether oxygens (including phenoxy) is 1. The van der Waals surface area contributed by atoms with Crippen LogP contribution in [0.25, 0.3) is 0 Å². The number of aliphatic hydroxyl groups is 1. The van der Waals surface area contributed by atoms with Gasteiger partial charge in [0.05, 0.1) is 18.0 Å². The Labute approximate surface area is 175 Å². The lowest BCUT2D eigenvalue weighted by Gasteiger charge is -2.30. The Balaban J connectivity index is 1.28. The second kappa shape index (κ2) is 9.47. The van der Waals surface area contributed by atoms with Crippen LogP contribution < -0.4 is 10.1 Å². The molecule has 4 rings (SSSR count). The van der Waals surface area contributed by atoms with E-state index in [9.17, 15) is 9.90 Å². The van der Waals surface area contributed by atoms with Gasteiger partial charge in [-0.2, -0.15) is 10.2 Å². The average molecular weight is 404 g/mol. The van der Waals surface area contributed by atoms with Crippen LogP contribution in [0.3, 0.4) is 0 Å². The van der Waals surface area contributed by atoms with Crippen LogP contribution in [0.1, 0.15) is 21.5 Å². The summed E-state index contributed by atoms with van der Waals surface area (Å²) >= 11 is 0. The molecule has 0 spiro atoms. The fraction of sp³-hybridized carbons (Fsp3) is 0.261. The van der Waals surface area contributed by atoms with Crippen molar-refractivity contribution in [1.29, 1.82) is 0 Å². The summed E-state index contributed by atoms with van der Waals surface area (Å²) in [6.45, 7) is 2.52. The van der Waals surface area contributed by atoms with Gasteiger partial charge >= 0.3 is 0 Å². The van der Waals surface area contributed by atoms with Crippen molar-refractivity contribution in [2.75, 3.05) is 25.0 Å². The Morgan fingerprint density at radius 2 is 2.00 bits per heavy atom. The molecule has 3 aromatic rings. The van der Waals surface area contributed by atoms with Crippen molar-refractivity contribution in [2.45, 2.75) is 19.1 Å². The van der Waals surface area contributed by atoms with Gasteiger partial charge in [0, 0.05) is 31.4 Å². The number of rotatable bonds is 7. The van der Waals surface area contributed by atoms with E-state index in [2.05, 4.69) is 44.7 Å². The SMILES string of the molecule is O=C(Nc1cccc(OCC(O)CN2CCc3ccccc3C2)c1)c1ccnnc1. The molecule has 2 heterocycles. The van der Waals surface area contributed by atoms with Crippen LogP contribution in [-0.2, 0) is 13.0 Å². The predicted molar refractivity (Wildman–Crippen MR) is 113 cm³/mol. The first-order chi connectivity index (χ1) is 14.7. The number of nitrogens with one attached hydrogen (secondary N) is 1. The standard InChI is InChI=1S/C23H24N4O3/c28-21(15-27-11-9-17-4-1-2-5-19(17)14-27)16-30-22-7-3-6-20(12-22)26-23(29)18-8-10-24-25-13-18/h1-8,10,12-13,21,28H,9,11,14-16H2,(H,26,29). The van der Waals surface area contributed by atoms with Gasteiger partial charge in [-0.05, 0) is 35.7 Å². The van der Waals surface area contributed by atoms with Crippen LogP contribution in [0.2, 0.25) is 0 Å². The molecule has 0 fully saturated rings. The van der Waals surface area contributed by atoms with E-state index in [4.69, 9.17) is 4.74 Å². The number of amides is 1. The van der Waals surface area contributed by atoms with Crippen LogP contribution in [-0.4, -0.2) is 51.9 Å². The summed E-state index contributed by atoms with van der Waals surface area (Å²) < 4.78 is 5.76. The van der Waals surface area contributed by atoms with Gasteiger partial charge in [0.2, 0.25) is 0 Å². The molecule has 0 bridgehead atoms. The molecule has 2 aromatic carbocycles. The first-order valence-corrected chi connectivity index (χ1v) is 9.95. The molecule has 0 aliphatic carbocycles. The highest BCUT2D eigenvalue weighted by atomic mass is 16.5. The monoisotopic (exact) mass is 404 g/mol. The minimum Gasteiger partial charge on any atom is -0.491 e. The topological polar surface area (TPSA) is 87.6 Å². The minimum atomic E-state index is -0.601. The maximum Gasteiger partial charge on any atom is 0.257 e. The molecule has 0 saturated heterocycles. The fourth-order valence-corrected chi connectivity index (χ4v) is 3.55. The Hall–Kier alpha value is -3.29. The number of β-amino-alcohol motifs (C(OH)–C–C–N with tert-alkyl or cyclic N) is 1. The van der Waals surface area contributed by atoms with Gasteiger partial charge in [-0.1, -0.05) is 30.3 Å². The second-order valence-corrected chi connectivity index (χ2v) is 7.33. The maximum absolute atomic E-state index is 12.2. The molecule has 154 valence electrons. The Kier molecular flexibility index (Phi) is 6.32. The summed E-state index contributed by atoms with van der Waals surface area (Å²) in [5.74, 6) is 0.316. The molecule has 2 N–H and O–H groups in total. The van der Waals surface area contributed by atoms with Crippen LogP contribution >= 0.6 is 0 Å². The van der Waals surface area contributed by atoms with Crippen molar-refractivity contribution in [2.24, 2.45) is 0 Å². The number of hydrogen-bond donors (Lipinski definition) is 2. The summed E-state index contributed by atoms with van der Waals surface area (Å²) in [4.78, 5) is 14.5. The molecule has 7 heteroatoms. The first kappa shape index (κ1) is 20.0. The predicted octanol–water partition coefficient (Wildman–Crippen LogP) is 2.53. The highest BCUT2D eigenvalue weighted by molar-refractivity contribution is 6.04. The first-order valence-electron chi connectivity index (χ1n) is 9.95. The number of anilines is 1. The van der Waals surface area contributed by atoms with E-state index >= 15 is 0 Å². The lowest BCUT2D eigenvalue weighted by molar-refractivity contribution is 0.0638. The summed E-state index contributed by atoms with van der Waals surface area (Å²) in [5.41, 5.74) is 3.75. The summed E-state index contributed by atoms with van der Waals surface area (Å²) in [6, 6.07) is 17.1. The normalized spacial score (nSPS) is 14.6. The molecule has 0 radical (unpaired) electrons. The smallest absolute Gasteiger partial charge is 0.257 e. The van der Waals surface area contributed by atoms with E-state index in [0.717, 1.165) is 19.5 Å². The average Bonchev–Trinajstić information content (AvgIpc) is 2.78. The van der Waals surface area contributed by atoms with Crippen molar-refractivity contribution >= 4 is 11.6 Å². The molecule has 1 aromatic heterocycles. The molecule has 30 heavy (non-hydrogen) atoms. The van der Waals surface area contributed by atoms with Crippen molar-refractivity contribution in [3.05, 3.63) is 83.7 Å². The molecule has 1 amide bonds. The lowest BCUT2D eigenvalue weighted by Crippen LogP contribution is -2.38. The van der Waals surface area contributed by atoms with Gasteiger partial charge < -0.3 is 15.2 Å². The van der Waals surface area contributed by atoms with E-state index in [1.807, 2.05) is 0 Å². The summed E-state index contributed by atoms with van der Waals surface area (Å²) in [5, 5.41) is 20.6. The van der Waals surface area contributed by atoms with E-state index in [1.165, 1.54) is 23.5 Å². The Morgan fingerprint density at radius 3 is 2.83 bits per heavy atom. The molecule has 1 unspecified atom stereocenters. The fourth-order valence-electron chi connectivity index (χ4n) is 3.55. The van der Waals surface area contributed by atoms with Crippen molar-refractivity contribution in [3.63, 3.8) is 0 Å².